The molecule has 0 radical (unpaired) electrons. The van der Waals surface area contributed by atoms with E-state index in [1.165, 1.54) is 0 Å². The van der Waals surface area contributed by atoms with E-state index in [9.17, 15) is 9.90 Å². The van der Waals surface area contributed by atoms with Crippen molar-refractivity contribution in [1.29, 1.82) is 0 Å². The Bertz CT molecular complexity index is 1050. The molecule has 1 unspecified atom stereocenters. The zero-order valence-electron chi connectivity index (χ0n) is 19.6. The average Bonchev–Trinajstić information content (AvgIpc) is 2.86. The molecule has 0 bridgehead atoms. The Hall–Kier alpha value is -2.83. The van der Waals surface area contributed by atoms with Crippen LogP contribution in [0.25, 0.3) is 0 Å². The summed E-state index contributed by atoms with van der Waals surface area (Å²) >= 11 is 3.42. The van der Waals surface area contributed by atoms with Crippen molar-refractivity contribution < 1.29 is 24.1 Å². The minimum atomic E-state index is -0.647. The molecule has 0 heterocycles. The Kier molecular flexibility index (Phi) is 9.98. The first-order chi connectivity index (χ1) is 16.5. The lowest BCUT2D eigenvalue weighted by Crippen LogP contribution is -2.15. The monoisotopic (exact) mass is 526 g/mol. The third-order valence-electron chi connectivity index (χ3n) is 5.58. The van der Waals surface area contributed by atoms with Crippen LogP contribution < -0.4 is 14.2 Å². The normalized spacial score (nSPS) is 11.6. The molecule has 0 spiro atoms. The molecule has 0 aliphatic rings. The number of ketones is 1. The number of aliphatic hydroxyl groups excluding tert-OH is 1. The van der Waals surface area contributed by atoms with Gasteiger partial charge < -0.3 is 19.3 Å². The highest BCUT2D eigenvalue weighted by Gasteiger charge is 2.16. The largest absolute Gasteiger partial charge is 0.493 e. The van der Waals surface area contributed by atoms with Gasteiger partial charge in [-0.1, -0.05) is 58.4 Å². The highest BCUT2D eigenvalue weighted by molar-refractivity contribution is 9.10. The SMILES string of the molecule is COc1cc(CCC(=O)CC(O)CCc2ccc(Br)cc2)cc(OCc2ccccc2)c1OC. The summed E-state index contributed by atoms with van der Waals surface area (Å²) in [7, 11) is 3.15. The van der Waals surface area contributed by atoms with Crippen molar-refractivity contribution in [3.63, 3.8) is 0 Å². The standard InChI is InChI=1S/C28H31BrO5/c1-32-26-16-22(17-27(28(26)33-2)34-19-21-6-4-3-5-7-21)11-15-25(31)18-24(30)14-10-20-8-12-23(29)13-9-20/h3-9,12-13,16-17,24,30H,10-11,14-15,18-19H2,1-2H3. The molecule has 1 atom stereocenters. The molecule has 6 heteroatoms. The smallest absolute Gasteiger partial charge is 0.203 e. The molecule has 1 N–H and O–H groups in total. The van der Waals surface area contributed by atoms with E-state index in [4.69, 9.17) is 14.2 Å². The first-order valence-corrected chi connectivity index (χ1v) is 12.1. The van der Waals surface area contributed by atoms with Crippen LogP contribution in [0.15, 0.2) is 71.2 Å². The maximum Gasteiger partial charge on any atom is 0.203 e. The predicted molar refractivity (Wildman–Crippen MR) is 137 cm³/mol. The second-order valence-corrected chi connectivity index (χ2v) is 9.08. The summed E-state index contributed by atoms with van der Waals surface area (Å²) in [6, 6.07) is 21.6. The van der Waals surface area contributed by atoms with Crippen LogP contribution in [-0.2, 0) is 24.2 Å². The van der Waals surface area contributed by atoms with Gasteiger partial charge in [0.05, 0.1) is 20.3 Å². The van der Waals surface area contributed by atoms with Gasteiger partial charge in [0.1, 0.15) is 12.4 Å². The van der Waals surface area contributed by atoms with Crippen LogP contribution in [0.5, 0.6) is 17.2 Å². The van der Waals surface area contributed by atoms with Crippen molar-refractivity contribution in [3.8, 4) is 17.2 Å². The number of hydrogen-bond acceptors (Lipinski definition) is 5. The number of benzene rings is 3. The first kappa shape index (κ1) is 25.8. The van der Waals surface area contributed by atoms with Gasteiger partial charge in [-0.2, -0.15) is 0 Å². The number of carbonyl (C=O) groups excluding carboxylic acids is 1. The van der Waals surface area contributed by atoms with E-state index in [0.29, 0.717) is 43.1 Å². The summed E-state index contributed by atoms with van der Waals surface area (Å²) in [5.74, 6) is 1.69. The molecule has 5 nitrogen and oxygen atoms in total. The molecule has 3 rings (SSSR count). The summed E-state index contributed by atoms with van der Waals surface area (Å²) in [6.07, 6.45) is 1.66. The van der Waals surface area contributed by atoms with Crippen LogP contribution >= 0.6 is 15.9 Å². The molecule has 180 valence electrons. The molecule has 0 aromatic heterocycles. The van der Waals surface area contributed by atoms with E-state index in [-0.39, 0.29) is 12.2 Å². The van der Waals surface area contributed by atoms with Gasteiger partial charge in [0.15, 0.2) is 11.5 Å². The van der Waals surface area contributed by atoms with E-state index in [1.807, 2.05) is 66.7 Å². The van der Waals surface area contributed by atoms with Crippen LogP contribution in [0.3, 0.4) is 0 Å². The van der Waals surface area contributed by atoms with Gasteiger partial charge >= 0.3 is 0 Å². The summed E-state index contributed by atoms with van der Waals surface area (Å²) in [5.41, 5.74) is 3.10. The van der Waals surface area contributed by atoms with Crippen LogP contribution in [0.2, 0.25) is 0 Å². The van der Waals surface area contributed by atoms with Crippen molar-refractivity contribution in [2.75, 3.05) is 14.2 Å². The Morgan fingerprint density at radius 1 is 0.882 bits per heavy atom. The highest BCUT2D eigenvalue weighted by Crippen LogP contribution is 2.39. The molecule has 0 aliphatic heterocycles. The maximum absolute atomic E-state index is 12.5. The van der Waals surface area contributed by atoms with Gasteiger partial charge in [0.2, 0.25) is 5.75 Å². The number of ether oxygens (including phenoxy) is 3. The summed E-state index contributed by atoms with van der Waals surface area (Å²) in [6.45, 7) is 0.396. The van der Waals surface area contributed by atoms with E-state index in [2.05, 4.69) is 15.9 Å². The predicted octanol–water partition coefficient (Wildman–Crippen LogP) is 5.93. The molecule has 0 saturated carbocycles. The lowest BCUT2D eigenvalue weighted by Gasteiger charge is -2.16. The molecule has 0 amide bonds. The Morgan fingerprint density at radius 2 is 1.59 bits per heavy atom. The summed E-state index contributed by atoms with van der Waals surface area (Å²) in [5, 5.41) is 10.3. The fourth-order valence-electron chi connectivity index (χ4n) is 3.71. The molecule has 3 aromatic rings. The molecular formula is C28H31BrO5. The number of rotatable bonds is 13. The molecule has 34 heavy (non-hydrogen) atoms. The van der Waals surface area contributed by atoms with Crippen LogP contribution in [0, 0.1) is 0 Å². The Balaban J connectivity index is 1.56. The highest BCUT2D eigenvalue weighted by atomic mass is 79.9. The van der Waals surface area contributed by atoms with Gasteiger partial charge in [-0.05, 0) is 60.2 Å². The second kappa shape index (κ2) is 13.2. The number of aryl methyl sites for hydroxylation is 2. The summed E-state index contributed by atoms with van der Waals surface area (Å²) < 4.78 is 18.0. The van der Waals surface area contributed by atoms with E-state index in [1.54, 1.807) is 14.2 Å². The van der Waals surface area contributed by atoms with Crippen LogP contribution in [0.4, 0.5) is 0 Å². The molecule has 0 aliphatic carbocycles. The first-order valence-electron chi connectivity index (χ1n) is 11.3. The van der Waals surface area contributed by atoms with Crippen molar-refractivity contribution in [2.45, 2.75) is 44.8 Å². The lowest BCUT2D eigenvalue weighted by atomic mass is 10.00. The number of methoxy groups -OCH3 is 2. The lowest BCUT2D eigenvalue weighted by molar-refractivity contribution is -0.121. The van der Waals surface area contributed by atoms with Gasteiger partial charge in [-0.3, -0.25) is 4.79 Å². The zero-order valence-corrected chi connectivity index (χ0v) is 21.2. The minimum Gasteiger partial charge on any atom is -0.493 e. The van der Waals surface area contributed by atoms with Crippen molar-refractivity contribution in [1.82, 2.24) is 0 Å². The van der Waals surface area contributed by atoms with Gasteiger partial charge in [0, 0.05) is 17.3 Å². The fraction of sp³-hybridized carbons (Fsp3) is 0.321. The second-order valence-electron chi connectivity index (χ2n) is 8.17. The van der Waals surface area contributed by atoms with Crippen molar-refractivity contribution in [2.24, 2.45) is 0 Å². The number of halogens is 1. The van der Waals surface area contributed by atoms with E-state index < -0.39 is 6.10 Å². The molecule has 3 aromatic carbocycles. The Morgan fingerprint density at radius 3 is 2.26 bits per heavy atom. The minimum absolute atomic E-state index is 0.0323. The number of aliphatic hydroxyl groups is 1. The maximum atomic E-state index is 12.5. The van der Waals surface area contributed by atoms with Gasteiger partial charge in [-0.25, -0.2) is 0 Å². The third kappa shape index (κ3) is 7.89. The van der Waals surface area contributed by atoms with E-state index >= 15 is 0 Å². The number of Topliss-reactive ketones (excluding diaryl/α,β-unsaturated/α-hetero) is 1. The van der Waals surface area contributed by atoms with Crippen molar-refractivity contribution in [3.05, 3.63) is 87.9 Å². The Labute approximate surface area is 209 Å². The molecule has 0 saturated heterocycles. The number of carbonyl (C=O) groups is 1. The van der Waals surface area contributed by atoms with Crippen LogP contribution in [-0.4, -0.2) is 31.2 Å². The van der Waals surface area contributed by atoms with Crippen LogP contribution in [0.1, 0.15) is 36.0 Å². The summed E-state index contributed by atoms with van der Waals surface area (Å²) in [4.78, 5) is 12.5. The molecule has 0 fully saturated rings. The fourth-order valence-corrected chi connectivity index (χ4v) is 3.97. The topological polar surface area (TPSA) is 65.0 Å². The van der Waals surface area contributed by atoms with Gasteiger partial charge in [0.25, 0.3) is 0 Å². The average molecular weight is 527 g/mol. The van der Waals surface area contributed by atoms with Gasteiger partial charge in [-0.15, -0.1) is 0 Å². The van der Waals surface area contributed by atoms with Crippen molar-refractivity contribution >= 4 is 21.7 Å². The van der Waals surface area contributed by atoms with E-state index in [0.717, 1.165) is 27.6 Å². The zero-order chi connectivity index (χ0) is 24.3. The molecular weight excluding hydrogens is 496 g/mol. The number of hydrogen-bond donors (Lipinski definition) is 1. The third-order valence-corrected chi connectivity index (χ3v) is 6.11. The quantitative estimate of drug-likeness (QED) is 0.299.